The molecule has 0 spiro atoms. The van der Waals surface area contributed by atoms with Crippen molar-refractivity contribution in [1.29, 1.82) is 0 Å². The van der Waals surface area contributed by atoms with E-state index in [1.165, 1.54) is 13.8 Å². The van der Waals surface area contributed by atoms with Gasteiger partial charge in [0.15, 0.2) is 0 Å². The molecule has 0 atom stereocenters. The molecule has 1 aliphatic carbocycles. The predicted octanol–water partition coefficient (Wildman–Crippen LogP) is 1.90. The van der Waals surface area contributed by atoms with Crippen molar-refractivity contribution in [3.05, 3.63) is 24.3 Å². The normalized spacial score (nSPS) is 11.4. The molecule has 1 rings (SSSR count). The first kappa shape index (κ1) is 12.7. The van der Waals surface area contributed by atoms with Gasteiger partial charge in [0.25, 0.3) is 0 Å². The molecule has 10 heavy (non-hydrogen) atoms. The fourth-order valence-electron chi connectivity index (χ4n) is 0.340. The third-order valence-corrected chi connectivity index (χ3v) is 0.586. The molecule has 0 radical (unpaired) electrons. The summed E-state index contributed by atoms with van der Waals surface area (Å²) in [5.41, 5.74) is 0. The Morgan fingerprint density at radius 3 is 2.10 bits per heavy atom. The Morgan fingerprint density at radius 2 is 2.00 bits per heavy atom. The van der Waals surface area contributed by atoms with Gasteiger partial charge in [0, 0.05) is 26.2 Å². The SMILES string of the molecule is CC(C)=O.[C-]1=CC=CC1.[Zr]. The number of carbonyl (C=O) groups is 1. The van der Waals surface area contributed by atoms with E-state index in [1.807, 2.05) is 12.2 Å². The smallest absolute Gasteiger partial charge is 0.126 e. The molecule has 0 N–H and O–H groups in total. The fourth-order valence-corrected chi connectivity index (χ4v) is 0.340. The van der Waals surface area contributed by atoms with Crippen LogP contribution in [0, 0.1) is 6.08 Å². The van der Waals surface area contributed by atoms with Gasteiger partial charge in [-0.05, 0) is 13.8 Å². The van der Waals surface area contributed by atoms with Gasteiger partial charge in [0.2, 0.25) is 0 Å². The van der Waals surface area contributed by atoms with E-state index in [4.69, 9.17) is 0 Å². The molecule has 0 unspecified atom stereocenters. The first-order valence-corrected chi connectivity index (χ1v) is 2.92. The van der Waals surface area contributed by atoms with Crippen LogP contribution in [0.5, 0.6) is 0 Å². The van der Waals surface area contributed by atoms with Gasteiger partial charge in [0.05, 0.1) is 0 Å². The van der Waals surface area contributed by atoms with Crippen LogP contribution in [0.1, 0.15) is 20.3 Å². The molecule has 0 aromatic rings. The first-order chi connectivity index (χ1) is 4.23. The summed E-state index contributed by atoms with van der Waals surface area (Å²) < 4.78 is 0. The van der Waals surface area contributed by atoms with E-state index < -0.39 is 0 Å². The van der Waals surface area contributed by atoms with Gasteiger partial charge >= 0.3 is 0 Å². The zero-order valence-corrected chi connectivity index (χ0v) is 8.81. The van der Waals surface area contributed by atoms with Gasteiger partial charge in [-0.15, -0.1) is 6.42 Å². The molecule has 1 nitrogen and oxygen atoms in total. The van der Waals surface area contributed by atoms with Crippen molar-refractivity contribution in [2.45, 2.75) is 20.3 Å². The molecule has 54 valence electrons. The Morgan fingerprint density at radius 1 is 1.50 bits per heavy atom. The summed E-state index contributed by atoms with van der Waals surface area (Å²) in [6.45, 7) is 3.06. The molecule has 1 aliphatic rings. The van der Waals surface area contributed by atoms with Gasteiger partial charge in [-0.3, -0.25) is 6.08 Å². The van der Waals surface area contributed by atoms with Gasteiger partial charge in [-0.1, -0.05) is 0 Å². The van der Waals surface area contributed by atoms with Crippen LogP contribution in [-0.2, 0) is 31.0 Å². The second-order valence-corrected chi connectivity index (χ2v) is 1.91. The Labute approximate surface area is 81.3 Å². The Hall–Kier alpha value is 0.0331. The first-order valence-electron chi connectivity index (χ1n) is 2.92. The molecular formula is C8H11OZr-. The van der Waals surface area contributed by atoms with Crippen LogP contribution in [0.4, 0.5) is 0 Å². The summed E-state index contributed by atoms with van der Waals surface area (Å²) in [7, 11) is 0. The minimum Gasteiger partial charge on any atom is -0.300 e. The molecule has 0 fully saturated rings. The van der Waals surface area contributed by atoms with Crippen molar-refractivity contribution in [1.82, 2.24) is 0 Å². The van der Waals surface area contributed by atoms with E-state index in [0.29, 0.717) is 0 Å². The second kappa shape index (κ2) is 9.03. The van der Waals surface area contributed by atoms with Gasteiger partial charge in [-0.2, -0.15) is 6.08 Å². The number of carbonyl (C=O) groups excluding carboxylic acids is 1. The standard InChI is InChI=1S/C5H5.C3H6O.Zr/c1-2-4-5-3-1;1-3(2)4;/h1-3H,4H2;1-2H3;/q-1;;. The Bertz CT molecular complexity index is 122. The van der Waals surface area contributed by atoms with E-state index in [9.17, 15) is 4.79 Å². The molecule has 2 heteroatoms. The third-order valence-electron chi connectivity index (χ3n) is 0.586. The topological polar surface area (TPSA) is 17.1 Å². The largest absolute Gasteiger partial charge is 0.300 e. The van der Waals surface area contributed by atoms with Crippen molar-refractivity contribution >= 4 is 5.78 Å². The van der Waals surface area contributed by atoms with Crippen LogP contribution >= 0.6 is 0 Å². The number of allylic oxidation sites excluding steroid dienone is 4. The molecule has 0 aromatic heterocycles. The number of hydrogen-bond acceptors (Lipinski definition) is 1. The Kier molecular flexibility index (Phi) is 11.5. The minimum atomic E-state index is 0. The summed E-state index contributed by atoms with van der Waals surface area (Å²) >= 11 is 0. The van der Waals surface area contributed by atoms with E-state index in [2.05, 4.69) is 12.2 Å². The number of Topliss-reactive ketones (excluding diaryl/α,β-unsaturated/α-hetero) is 1. The maximum atomic E-state index is 9.44. The number of ketones is 1. The molecule has 0 aromatic carbocycles. The van der Waals surface area contributed by atoms with Crippen molar-refractivity contribution in [2.24, 2.45) is 0 Å². The summed E-state index contributed by atoms with van der Waals surface area (Å²) in [5.74, 6) is 0.167. The van der Waals surface area contributed by atoms with E-state index in [-0.39, 0.29) is 32.0 Å². The van der Waals surface area contributed by atoms with Gasteiger partial charge in [-0.25, -0.2) is 12.2 Å². The van der Waals surface area contributed by atoms with Crippen molar-refractivity contribution in [3.8, 4) is 0 Å². The summed E-state index contributed by atoms with van der Waals surface area (Å²) in [5, 5.41) is 0. The minimum absolute atomic E-state index is 0. The quantitative estimate of drug-likeness (QED) is 0.563. The van der Waals surface area contributed by atoms with Crippen molar-refractivity contribution in [2.75, 3.05) is 0 Å². The van der Waals surface area contributed by atoms with Crippen LogP contribution in [0.25, 0.3) is 0 Å². The van der Waals surface area contributed by atoms with Crippen molar-refractivity contribution < 1.29 is 31.0 Å². The maximum Gasteiger partial charge on any atom is 0.126 e. The molecule has 0 heterocycles. The third kappa shape index (κ3) is 15.7. The average molecular weight is 214 g/mol. The number of rotatable bonds is 0. The summed E-state index contributed by atoms with van der Waals surface area (Å²) in [4.78, 5) is 9.44. The molecule has 0 amide bonds. The monoisotopic (exact) mass is 213 g/mol. The summed E-state index contributed by atoms with van der Waals surface area (Å²) in [6, 6.07) is 0. The predicted molar refractivity (Wildman–Crippen MR) is 37.9 cm³/mol. The molecule has 0 aliphatic heterocycles. The Balaban J connectivity index is 0. The van der Waals surface area contributed by atoms with Gasteiger partial charge in [0.1, 0.15) is 5.78 Å². The summed E-state index contributed by atoms with van der Waals surface area (Å²) in [6.07, 6.45) is 10.0. The second-order valence-electron chi connectivity index (χ2n) is 1.91. The molecule has 0 saturated carbocycles. The van der Waals surface area contributed by atoms with E-state index >= 15 is 0 Å². The maximum absolute atomic E-state index is 9.44. The van der Waals surface area contributed by atoms with Crippen LogP contribution < -0.4 is 0 Å². The van der Waals surface area contributed by atoms with Crippen LogP contribution in [0.3, 0.4) is 0 Å². The van der Waals surface area contributed by atoms with E-state index in [1.54, 1.807) is 0 Å². The van der Waals surface area contributed by atoms with Crippen LogP contribution in [0.2, 0.25) is 0 Å². The zero-order valence-electron chi connectivity index (χ0n) is 6.35. The molecular weight excluding hydrogens is 203 g/mol. The van der Waals surface area contributed by atoms with Crippen LogP contribution in [-0.4, -0.2) is 5.78 Å². The number of hydrogen-bond donors (Lipinski definition) is 0. The van der Waals surface area contributed by atoms with Gasteiger partial charge < -0.3 is 4.79 Å². The molecule has 0 bridgehead atoms. The average Bonchev–Trinajstić information content (AvgIpc) is 2.11. The van der Waals surface area contributed by atoms with Crippen LogP contribution in [0.15, 0.2) is 18.2 Å². The van der Waals surface area contributed by atoms with E-state index in [0.717, 1.165) is 6.42 Å². The fraction of sp³-hybridized carbons (Fsp3) is 0.375. The zero-order chi connectivity index (χ0) is 7.11. The van der Waals surface area contributed by atoms with Crippen molar-refractivity contribution in [3.63, 3.8) is 0 Å². The molecule has 0 saturated heterocycles.